The van der Waals surface area contributed by atoms with Crippen LogP contribution in [0.2, 0.25) is 0 Å². The average molecular weight is 435 g/mol. The first-order valence-electron chi connectivity index (χ1n) is 12.3. The van der Waals surface area contributed by atoms with E-state index in [4.69, 9.17) is 0 Å². The molecular formula is C28H38N2O2. The predicted molar refractivity (Wildman–Crippen MR) is 130 cm³/mol. The van der Waals surface area contributed by atoms with Gasteiger partial charge in [-0.15, -0.1) is 0 Å². The third-order valence-electron chi connectivity index (χ3n) is 6.53. The van der Waals surface area contributed by atoms with Gasteiger partial charge in [-0.05, 0) is 36.8 Å². The molecule has 2 aromatic rings. The van der Waals surface area contributed by atoms with E-state index in [1.165, 1.54) is 17.5 Å². The van der Waals surface area contributed by atoms with Crippen LogP contribution in [0.25, 0.3) is 0 Å². The number of hydrogen-bond donors (Lipinski definition) is 1. The van der Waals surface area contributed by atoms with Gasteiger partial charge in [0.2, 0.25) is 11.8 Å². The van der Waals surface area contributed by atoms with E-state index in [1.54, 1.807) is 0 Å². The molecule has 1 aliphatic carbocycles. The Morgan fingerprint density at radius 3 is 2.06 bits per heavy atom. The van der Waals surface area contributed by atoms with Crippen molar-refractivity contribution in [3.05, 3.63) is 71.8 Å². The highest BCUT2D eigenvalue weighted by Gasteiger charge is 2.25. The molecular weight excluding hydrogens is 396 g/mol. The fourth-order valence-electron chi connectivity index (χ4n) is 4.79. The van der Waals surface area contributed by atoms with E-state index in [0.717, 1.165) is 45.1 Å². The van der Waals surface area contributed by atoms with Gasteiger partial charge in [0, 0.05) is 37.9 Å². The van der Waals surface area contributed by atoms with Crippen LogP contribution in [0.5, 0.6) is 0 Å². The molecule has 172 valence electrons. The highest BCUT2D eigenvalue weighted by molar-refractivity contribution is 5.80. The molecule has 1 fully saturated rings. The van der Waals surface area contributed by atoms with Gasteiger partial charge in [-0.1, -0.05) is 86.8 Å². The van der Waals surface area contributed by atoms with Crippen molar-refractivity contribution in [2.75, 3.05) is 19.6 Å². The smallest absolute Gasteiger partial charge is 0.225 e. The number of nitrogens with zero attached hydrogens (tertiary/aromatic N) is 1. The molecule has 0 saturated heterocycles. The highest BCUT2D eigenvalue weighted by Crippen LogP contribution is 2.27. The van der Waals surface area contributed by atoms with Crippen molar-refractivity contribution in [2.24, 2.45) is 5.92 Å². The molecule has 1 saturated carbocycles. The van der Waals surface area contributed by atoms with E-state index < -0.39 is 0 Å². The fraction of sp³-hybridized carbons (Fsp3) is 0.500. The van der Waals surface area contributed by atoms with Crippen LogP contribution in [0.4, 0.5) is 0 Å². The van der Waals surface area contributed by atoms with Gasteiger partial charge in [-0.25, -0.2) is 0 Å². The second kappa shape index (κ2) is 13.0. The van der Waals surface area contributed by atoms with Crippen molar-refractivity contribution in [3.8, 4) is 0 Å². The second-order valence-electron chi connectivity index (χ2n) is 8.92. The molecule has 3 rings (SSSR count). The number of rotatable bonds is 11. The first-order chi connectivity index (χ1) is 15.7. The summed E-state index contributed by atoms with van der Waals surface area (Å²) in [6.07, 6.45) is 7.71. The van der Waals surface area contributed by atoms with Crippen LogP contribution in [0.3, 0.4) is 0 Å². The lowest BCUT2D eigenvalue weighted by Gasteiger charge is -2.29. The summed E-state index contributed by atoms with van der Waals surface area (Å²) in [5.74, 6) is 0.702. The molecule has 4 heteroatoms. The Kier molecular flexibility index (Phi) is 9.80. The van der Waals surface area contributed by atoms with Gasteiger partial charge in [0.25, 0.3) is 0 Å². The molecule has 0 unspecified atom stereocenters. The maximum Gasteiger partial charge on any atom is 0.225 e. The molecule has 0 aromatic heterocycles. The normalized spacial score (nSPS) is 14.3. The summed E-state index contributed by atoms with van der Waals surface area (Å²) < 4.78 is 0. The third kappa shape index (κ3) is 7.22. The molecule has 2 amide bonds. The topological polar surface area (TPSA) is 49.4 Å². The first kappa shape index (κ1) is 24.0. The molecule has 0 bridgehead atoms. The molecule has 0 atom stereocenters. The molecule has 32 heavy (non-hydrogen) atoms. The van der Waals surface area contributed by atoms with E-state index in [1.807, 2.05) is 17.0 Å². The van der Waals surface area contributed by atoms with Crippen molar-refractivity contribution in [3.63, 3.8) is 0 Å². The summed E-state index contributed by atoms with van der Waals surface area (Å²) in [6, 6.07) is 20.9. The highest BCUT2D eigenvalue weighted by atomic mass is 16.2. The van der Waals surface area contributed by atoms with Gasteiger partial charge >= 0.3 is 0 Å². The van der Waals surface area contributed by atoms with Gasteiger partial charge in [-0.3, -0.25) is 9.59 Å². The minimum absolute atomic E-state index is 0.0300. The van der Waals surface area contributed by atoms with Crippen molar-refractivity contribution >= 4 is 11.8 Å². The second-order valence-corrected chi connectivity index (χ2v) is 8.92. The lowest BCUT2D eigenvalue weighted by Crippen LogP contribution is -2.40. The SMILES string of the molecule is CCCN(CCC(=O)NCCC(c1ccccc1)c1ccccc1)C(=O)C1CCCCC1. The Bertz CT molecular complexity index is 776. The zero-order chi connectivity index (χ0) is 22.6. The summed E-state index contributed by atoms with van der Waals surface area (Å²) in [6.45, 7) is 3.98. The van der Waals surface area contributed by atoms with Crippen LogP contribution in [0.1, 0.15) is 75.3 Å². The fourth-order valence-corrected chi connectivity index (χ4v) is 4.79. The summed E-state index contributed by atoms with van der Waals surface area (Å²) in [5, 5.41) is 3.09. The van der Waals surface area contributed by atoms with Crippen LogP contribution in [0.15, 0.2) is 60.7 Å². The largest absolute Gasteiger partial charge is 0.356 e. The summed E-state index contributed by atoms with van der Waals surface area (Å²) in [7, 11) is 0. The summed E-state index contributed by atoms with van der Waals surface area (Å²) >= 11 is 0. The van der Waals surface area contributed by atoms with Crippen molar-refractivity contribution in [1.29, 1.82) is 0 Å². The van der Waals surface area contributed by atoms with Crippen LogP contribution >= 0.6 is 0 Å². The van der Waals surface area contributed by atoms with Crippen LogP contribution in [0, 0.1) is 5.92 Å². The number of hydrogen-bond acceptors (Lipinski definition) is 2. The Balaban J connectivity index is 1.49. The summed E-state index contributed by atoms with van der Waals surface area (Å²) in [5.41, 5.74) is 2.53. The van der Waals surface area contributed by atoms with Crippen LogP contribution in [-0.2, 0) is 9.59 Å². The minimum Gasteiger partial charge on any atom is -0.356 e. The van der Waals surface area contributed by atoms with Gasteiger partial charge < -0.3 is 10.2 Å². The molecule has 2 aromatic carbocycles. The molecule has 0 radical (unpaired) electrons. The number of carbonyl (C=O) groups is 2. The lowest BCUT2D eigenvalue weighted by atomic mass is 9.88. The van der Waals surface area contributed by atoms with Gasteiger partial charge in [0.15, 0.2) is 0 Å². The quantitative estimate of drug-likeness (QED) is 0.505. The van der Waals surface area contributed by atoms with Gasteiger partial charge in [-0.2, -0.15) is 0 Å². The maximum atomic E-state index is 12.9. The average Bonchev–Trinajstić information content (AvgIpc) is 2.85. The lowest BCUT2D eigenvalue weighted by molar-refractivity contribution is -0.137. The summed E-state index contributed by atoms with van der Waals surface area (Å²) in [4.78, 5) is 27.4. The van der Waals surface area contributed by atoms with Crippen molar-refractivity contribution < 1.29 is 9.59 Å². The van der Waals surface area contributed by atoms with Gasteiger partial charge in [0.1, 0.15) is 0 Å². The molecule has 0 aliphatic heterocycles. The monoisotopic (exact) mass is 434 g/mol. The van der Waals surface area contributed by atoms with E-state index in [-0.39, 0.29) is 23.7 Å². The van der Waals surface area contributed by atoms with Crippen molar-refractivity contribution in [2.45, 2.75) is 64.2 Å². The van der Waals surface area contributed by atoms with E-state index >= 15 is 0 Å². The Morgan fingerprint density at radius 2 is 1.50 bits per heavy atom. The predicted octanol–water partition coefficient (Wildman–Crippen LogP) is 5.53. The number of carbonyl (C=O) groups excluding carboxylic acids is 2. The van der Waals surface area contributed by atoms with E-state index in [0.29, 0.717) is 19.5 Å². The number of benzene rings is 2. The molecule has 1 N–H and O–H groups in total. The Hall–Kier alpha value is -2.62. The zero-order valence-corrected chi connectivity index (χ0v) is 19.5. The molecule has 0 heterocycles. The first-order valence-corrected chi connectivity index (χ1v) is 12.3. The zero-order valence-electron chi connectivity index (χ0n) is 19.5. The maximum absolute atomic E-state index is 12.9. The van der Waals surface area contributed by atoms with Gasteiger partial charge in [0.05, 0.1) is 0 Å². The molecule has 0 spiro atoms. The standard InChI is InChI=1S/C28H38N2O2/c1-2-21-30(28(32)25-16-10-5-11-17-25)22-19-27(31)29-20-18-26(23-12-6-3-7-13-23)24-14-8-4-9-15-24/h3-4,6-9,12-15,25-26H,2,5,10-11,16-22H2,1H3,(H,29,31). The number of amides is 2. The Morgan fingerprint density at radius 1 is 0.906 bits per heavy atom. The minimum atomic E-state index is 0.0300. The Labute approximate surface area is 193 Å². The van der Waals surface area contributed by atoms with Crippen LogP contribution < -0.4 is 5.32 Å². The van der Waals surface area contributed by atoms with Crippen LogP contribution in [-0.4, -0.2) is 36.3 Å². The molecule has 4 nitrogen and oxygen atoms in total. The van der Waals surface area contributed by atoms with E-state index in [9.17, 15) is 9.59 Å². The third-order valence-corrected chi connectivity index (χ3v) is 6.53. The number of nitrogens with one attached hydrogen (secondary N) is 1. The van der Waals surface area contributed by atoms with Crippen molar-refractivity contribution in [1.82, 2.24) is 10.2 Å². The van der Waals surface area contributed by atoms with E-state index in [2.05, 4.69) is 60.8 Å². The molecule has 1 aliphatic rings.